The van der Waals surface area contributed by atoms with E-state index >= 15 is 0 Å². The monoisotopic (exact) mass is 365 g/mol. The highest BCUT2D eigenvalue weighted by Crippen LogP contribution is 2.24. The maximum Gasteiger partial charge on any atom is 0.435 e. The number of carbonyl (C=O) groups is 1. The first-order valence-corrected chi connectivity index (χ1v) is 8.95. The summed E-state index contributed by atoms with van der Waals surface area (Å²) >= 11 is 0. The van der Waals surface area contributed by atoms with Crippen LogP contribution in [0.25, 0.3) is 6.08 Å². The Hall–Kier alpha value is -2.85. The topological polar surface area (TPSA) is 38.8 Å². The van der Waals surface area contributed by atoms with Gasteiger partial charge in [-0.25, -0.2) is 4.79 Å². The molecule has 2 rings (SSSR count). The zero-order chi connectivity index (χ0) is 19.7. The van der Waals surface area contributed by atoms with E-state index in [4.69, 9.17) is 9.57 Å². The molecule has 1 amide bonds. The second kappa shape index (κ2) is 9.74. The van der Waals surface area contributed by atoms with E-state index in [-0.39, 0.29) is 6.61 Å². The fourth-order valence-corrected chi connectivity index (χ4v) is 2.44. The predicted octanol–water partition coefficient (Wildman–Crippen LogP) is 5.80. The van der Waals surface area contributed by atoms with Crippen molar-refractivity contribution >= 4 is 12.2 Å². The quantitative estimate of drug-likeness (QED) is 0.460. The molecule has 2 aromatic rings. The normalized spacial score (nSPS) is 12.6. The van der Waals surface area contributed by atoms with Crippen LogP contribution in [0.3, 0.4) is 0 Å². The highest BCUT2D eigenvalue weighted by atomic mass is 16.7. The SMILES string of the molecule is C=CC(c1ccccc1)N(OC/C=C/c1ccccc1)C(=O)OC(C)(C)C. The third-order valence-corrected chi connectivity index (χ3v) is 3.61. The van der Waals surface area contributed by atoms with Crippen LogP contribution < -0.4 is 0 Å². The van der Waals surface area contributed by atoms with Gasteiger partial charge in [0.2, 0.25) is 0 Å². The zero-order valence-electron chi connectivity index (χ0n) is 16.2. The molecule has 1 atom stereocenters. The molecule has 4 nitrogen and oxygen atoms in total. The van der Waals surface area contributed by atoms with Gasteiger partial charge in [-0.3, -0.25) is 4.84 Å². The summed E-state index contributed by atoms with van der Waals surface area (Å²) in [7, 11) is 0. The van der Waals surface area contributed by atoms with Gasteiger partial charge in [-0.1, -0.05) is 78.9 Å². The molecule has 0 fully saturated rings. The van der Waals surface area contributed by atoms with E-state index < -0.39 is 17.7 Å². The molecule has 0 aliphatic carbocycles. The molecule has 1 unspecified atom stereocenters. The van der Waals surface area contributed by atoms with Crippen LogP contribution >= 0.6 is 0 Å². The third kappa shape index (κ3) is 6.76. The molecule has 4 heteroatoms. The van der Waals surface area contributed by atoms with Crippen LogP contribution in [0.1, 0.15) is 37.9 Å². The number of amides is 1. The molecule has 0 N–H and O–H groups in total. The number of carbonyl (C=O) groups excluding carboxylic acids is 1. The molecule has 0 bridgehead atoms. The van der Waals surface area contributed by atoms with Gasteiger partial charge in [0, 0.05) is 0 Å². The largest absolute Gasteiger partial charge is 0.442 e. The highest BCUT2D eigenvalue weighted by Gasteiger charge is 2.28. The molecular formula is C23H27NO3. The van der Waals surface area contributed by atoms with Gasteiger partial charge in [-0.15, -0.1) is 6.58 Å². The lowest BCUT2D eigenvalue weighted by molar-refractivity contribution is -0.154. The fourth-order valence-electron chi connectivity index (χ4n) is 2.44. The summed E-state index contributed by atoms with van der Waals surface area (Å²) in [5.74, 6) is 0. The second-order valence-electron chi connectivity index (χ2n) is 7.01. The van der Waals surface area contributed by atoms with Crippen molar-refractivity contribution in [1.82, 2.24) is 5.06 Å². The molecule has 2 aromatic carbocycles. The van der Waals surface area contributed by atoms with Crippen LogP contribution in [0.2, 0.25) is 0 Å². The van der Waals surface area contributed by atoms with Gasteiger partial charge >= 0.3 is 6.09 Å². The van der Waals surface area contributed by atoms with Gasteiger partial charge in [-0.05, 0) is 31.9 Å². The van der Waals surface area contributed by atoms with E-state index in [1.54, 1.807) is 6.08 Å². The predicted molar refractivity (Wildman–Crippen MR) is 109 cm³/mol. The van der Waals surface area contributed by atoms with Gasteiger partial charge in [-0.2, -0.15) is 5.06 Å². The number of nitrogens with zero attached hydrogens (tertiary/aromatic N) is 1. The lowest BCUT2D eigenvalue weighted by Gasteiger charge is -2.31. The van der Waals surface area contributed by atoms with Crippen molar-refractivity contribution in [2.45, 2.75) is 32.4 Å². The zero-order valence-corrected chi connectivity index (χ0v) is 16.2. The van der Waals surface area contributed by atoms with Crippen molar-refractivity contribution in [3.63, 3.8) is 0 Å². The molecule has 0 saturated carbocycles. The second-order valence-corrected chi connectivity index (χ2v) is 7.01. The average Bonchev–Trinajstić information content (AvgIpc) is 2.64. The van der Waals surface area contributed by atoms with Crippen molar-refractivity contribution in [2.24, 2.45) is 0 Å². The lowest BCUT2D eigenvalue weighted by Crippen LogP contribution is -2.38. The number of hydrogen-bond acceptors (Lipinski definition) is 3. The maximum atomic E-state index is 12.7. The molecule has 0 aliphatic rings. The molecular weight excluding hydrogens is 338 g/mol. The van der Waals surface area contributed by atoms with Crippen molar-refractivity contribution < 1.29 is 14.4 Å². The Kier molecular flexibility index (Phi) is 7.38. The van der Waals surface area contributed by atoms with Crippen molar-refractivity contribution in [3.05, 3.63) is 90.5 Å². The van der Waals surface area contributed by atoms with E-state index in [0.717, 1.165) is 11.1 Å². The van der Waals surface area contributed by atoms with Gasteiger partial charge < -0.3 is 4.74 Å². The van der Waals surface area contributed by atoms with Crippen LogP contribution in [-0.4, -0.2) is 23.4 Å². The number of rotatable bonds is 7. The van der Waals surface area contributed by atoms with E-state index in [1.165, 1.54) is 5.06 Å². The summed E-state index contributed by atoms with van der Waals surface area (Å²) in [5, 5.41) is 1.24. The molecule has 0 aromatic heterocycles. The number of hydroxylamine groups is 2. The van der Waals surface area contributed by atoms with E-state index in [0.29, 0.717) is 0 Å². The van der Waals surface area contributed by atoms with Crippen LogP contribution in [-0.2, 0) is 9.57 Å². The van der Waals surface area contributed by atoms with E-state index in [1.807, 2.05) is 93.6 Å². The minimum absolute atomic E-state index is 0.227. The Labute approximate surface area is 161 Å². The molecule has 0 spiro atoms. The van der Waals surface area contributed by atoms with Gasteiger partial charge in [0.05, 0.1) is 6.61 Å². The molecule has 0 radical (unpaired) electrons. The molecule has 142 valence electrons. The lowest BCUT2D eigenvalue weighted by atomic mass is 10.1. The number of benzene rings is 2. The third-order valence-electron chi connectivity index (χ3n) is 3.61. The van der Waals surface area contributed by atoms with Crippen LogP contribution in [0.4, 0.5) is 4.79 Å². The summed E-state index contributed by atoms with van der Waals surface area (Å²) in [6.07, 6.45) is 4.92. The first-order chi connectivity index (χ1) is 12.9. The minimum atomic E-state index is -0.624. The minimum Gasteiger partial charge on any atom is -0.442 e. The van der Waals surface area contributed by atoms with E-state index in [9.17, 15) is 4.79 Å². The van der Waals surface area contributed by atoms with Crippen molar-refractivity contribution in [1.29, 1.82) is 0 Å². The summed E-state index contributed by atoms with van der Waals surface area (Å²) in [6, 6.07) is 19.0. The molecule has 27 heavy (non-hydrogen) atoms. The average molecular weight is 365 g/mol. The number of ether oxygens (including phenoxy) is 1. The number of hydrogen-bond donors (Lipinski definition) is 0. The van der Waals surface area contributed by atoms with Gasteiger partial charge in [0.1, 0.15) is 11.6 Å². The molecule has 0 heterocycles. The van der Waals surface area contributed by atoms with Crippen molar-refractivity contribution in [3.8, 4) is 0 Å². The molecule has 0 saturated heterocycles. The summed E-state index contributed by atoms with van der Waals surface area (Å²) in [5.41, 5.74) is 1.33. The highest BCUT2D eigenvalue weighted by molar-refractivity contribution is 5.68. The Morgan fingerprint density at radius 3 is 2.22 bits per heavy atom. The first kappa shape index (κ1) is 20.5. The van der Waals surface area contributed by atoms with E-state index in [2.05, 4.69) is 6.58 Å². The van der Waals surface area contributed by atoms with Gasteiger partial charge in [0.15, 0.2) is 0 Å². The summed E-state index contributed by atoms with van der Waals surface area (Å²) < 4.78 is 5.51. The Bertz CT molecular complexity index is 748. The Morgan fingerprint density at radius 2 is 1.67 bits per heavy atom. The first-order valence-electron chi connectivity index (χ1n) is 8.95. The standard InChI is InChI=1S/C23H27NO3/c1-5-21(20-16-10-7-11-17-20)24(22(25)27-23(2,3)4)26-18-12-15-19-13-8-6-9-14-19/h5-17,21H,1,18H2,2-4H3/b15-12+. The summed E-state index contributed by atoms with van der Waals surface area (Å²) in [4.78, 5) is 18.5. The maximum absolute atomic E-state index is 12.7. The summed E-state index contributed by atoms with van der Waals surface area (Å²) in [6.45, 7) is 9.56. The Balaban J connectivity index is 2.14. The Morgan fingerprint density at radius 1 is 1.07 bits per heavy atom. The van der Waals surface area contributed by atoms with Crippen molar-refractivity contribution in [2.75, 3.05) is 6.61 Å². The smallest absolute Gasteiger partial charge is 0.435 e. The van der Waals surface area contributed by atoms with Gasteiger partial charge in [0.25, 0.3) is 0 Å². The fraction of sp³-hybridized carbons (Fsp3) is 0.261. The molecule has 0 aliphatic heterocycles. The van der Waals surface area contributed by atoms with Crippen LogP contribution in [0, 0.1) is 0 Å². The van der Waals surface area contributed by atoms with Crippen LogP contribution in [0.5, 0.6) is 0 Å². The van der Waals surface area contributed by atoms with Crippen LogP contribution in [0.15, 0.2) is 79.4 Å².